The van der Waals surface area contributed by atoms with Gasteiger partial charge in [-0.2, -0.15) is 0 Å². The molecule has 1 fully saturated rings. The molecule has 5 nitrogen and oxygen atoms in total. The highest BCUT2D eigenvalue weighted by Gasteiger charge is 2.27. The summed E-state index contributed by atoms with van der Waals surface area (Å²) in [5, 5.41) is 5.75. The van der Waals surface area contributed by atoms with Crippen molar-refractivity contribution in [2.24, 2.45) is 0 Å². The van der Waals surface area contributed by atoms with Crippen molar-refractivity contribution in [1.29, 1.82) is 0 Å². The number of carbonyl (C=O) groups excluding carboxylic acids is 2. The maximum atomic E-state index is 11.2. The zero-order chi connectivity index (χ0) is 12.0. The minimum Gasteiger partial charge on any atom is -0.329 e. The van der Waals surface area contributed by atoms with Crippen molar-refractivity contribution in [3.63, 3.8) is 0 Å². The molecular weight excluding hydrogens is 206 g/mol. The zero-order valence-corrected chi connectivity index (χ0v) is 9.66. The van der Waals surface area contributed by atoms with Crippen LogP contribution in [0, 0.1) is 0 Å². The van der Waals surface area contributed by atoms with Gasteiger partial charge in [0, 0.05) is 19.1 Å². The lowest BCUT2D eigenvalue weighted by atomic mass is 10.2. The topological polar surface area (TPSA) is 61.4 Å². The average Bonchev–Trinajstić information content (AvgIpc) is 2.57. The number of carbonyl (C=O) groups is 2. The van der Waals surface area contributed by atoms with Gasteiger partial charge in [-0.05, 0) is 19.8 Å². The number of hydrogen-bond donors (Lipinski definition) is 2. The molecule has 2 N–H and O–H groups in total. The van der Waals surface area contributed by atoms with E-state index in [1.165, 1.54) is 4.90 Å². The van der Waals surface area contributed by atoms with Crippen LogP contribution in [0.2, 0.25) is 0 Å². The molecule has 1 atom stereocenters. The number of hydrogen-bond acceptors (Lipinski definition) is 3. The molecule has 0 bridgehead atoms. The fraction of sp³-hybridized carbons (Fsp3) is 0.636. The predicted molar refractivity (Wildman–Crippen MR) is 62.0 cm³/mol. The third kappa shape index (κ3) is 3.66. The van der Waals surface area contributed by atoms with Crippen LogP contribution in [0.15, 0.2) is 12.7 Å². The smallest absolute Gasteiger partial charge is 0.324 e. The molecule has 1 unspecified atom stereocenters. The maximum Gasteiger partial charge on any atom is 0.324 e. The average molecular weight is 225 g/mol. The number of nitrogens with one attached hydrogen (secondary N) is 2. The quantitative estimate of drug-likeness (QED) is 0.489. The Kier molecular flexibility index (Phi) is 4.98. The van der Waals surface area contributed by atoms with E-state index in [1.807, 2.05) is 6.08 Å². The van der Waals surface area contributed by atoms with Gasteiger partial charge in [0.05, 0.1) is 6.54 Å². The number of amides is 3. The number of nitrogens with zero attached hydrogens (tertiary/aromatic N) is 1. The standard InChI is InChI=1S/C11H19N3O2/c1-3-4-5-9(2)12-6-7-14-10(15)8-13-11(14)16/h3,9,12H,1,4-8H2,2H3,(H,13,16). The van der Waals surface area contributed by atoms with Crippen LogP contribution in [0.1, 0.15) is 19.8 Å². The van der Waals surface area contributed by atoms with Gasteiger partial charge >= 0.3 is 6.03 Å². The van der Waals surface area contributed by atoms with E-state index in [-0.39, 0.29) is 18.5 Å². The summed E-state index contributed by atoms with van der Waals surface area (Å²) in [5.41, 5.74) is 0. The van der Waals surface area contributed by atoms with Crippen molar-refractivity contribution < 1.29 is 9.59 Å². The SMILES string of the molecule is C=CCCC(C)NCCN1C(=O)CNC1=O. The van der Waals surface area contributed by atoms with Crippen molar-refractivity contribution in [2.45, 2.75) is 25.8 Å². The lowest BCUT2D eigenvalue weighted by molar-refractivity contribution is -0.124. The number of allylic oxidation sites excluding steroid dienone is 1. The van der Waals surface area contributed by atoms with Gasteiger partial charge in [-0.25, -0.2) is 4.79 Å². The lowest BCUT2D eigenvalue weighted by Gasteiger charge is -2.16. The highest BCUT2D eigenvalue weighted by molar-refractivity contribution is 6.01. The molecule has 0 saturated carbocycles. The molecule has 0 aromatic heterocycles. The molecule has 0 aliphatic carbocycles. The summed E-state index contributed by atoms with van der Waals surface area (Å²) < 4.78 is 0. The lowest BCUT2D eigenvalue weighted by Crippen LogP contribution is -2.39. The van der Waals surface area contributed by atoms with Gasteiger partial charge in [-0.15, -0.1) is 6.58 Å². The monoisotopic (exact) mass is 225 g/mol. The van der Waals surface area contributed by atoms with Crippen LogP contribution in [0.3, 0.4) is 0 Å². The molecule has 1 aliphatic heterocycles. The van der Waals surface area contributed by atoms with Crippen molar-refractivity contribution in [2.75, 3.05) is 19.6 Å². The molecule has 0 aromatic rings. The Labute approximate surface area is 95.9 Å². The Morgan fingerprint density at radius 3 is 2.94 bits per heavy atom. The Hall–Kier alpha value is -1.36. The first-order valence-electron chi connectivity index (χ1n) is 5.57. The third-order valence-corrected chi connectivity index (χ3v) is 2.57. The minimum absolute atomic E-state index is 0.130. The van der Waals surface area contributed by atoms with E-state index >= 15 is 0 Å². The summed E-state index contributed by atoms with van der Waals surface area (Å²) in [7, 11) is 0. The normalized spacial score (nSPS) is 17.4. The number of rotatable bonds is 7. The first kappa shape index (κ1) is 12.7. The molecule has 0 radical (unpaired) electrons. The maximum absolute atomic E-state index is 11.2. The van der Waals surface area contributed by atoms with E-state index in [0.717, 1.165) is 12.8 Å². The zero-order valence-electron chi connectivity index (χ0n) is 9.66. The van der Waals surface area contributed by atoms with Gasteiger partial charge in [-0.3, -0.25) is 9.69 Å². The summed E-state index contributed by atoms with van der Waals surface area (Å²) in [4.78, 5) is 23.7. The van der Waals surface area contributed by atoms with Crippen molar-refractivity contribution in [1.82, 2.24) is 15.5 Å². The largest absolute Gasteiger partial charge is 0.329 e. The third-order valence-electron chi connectivity index (χ3n) is 2.57. The Balaban J connectivity index is 2.17. The van der Waals surface area contributed by atoms with Crippen LogP contribution < -0.4 is 10.6 Å². The summed E-state index contributed by atoms with van der Waals surface area (Å²) in [6.07, 6.45) is 3.87. The van der Waals surface area contributed by atoms with Crippen LogP contribution in [0.25, 0.3) is 0 Å². The van der Waals surface area contributed by atoms with E-state index in [2.05, 4.69) is 24.1 Å². The predicted octanol–water partition coefficient (Wildman–Crippen LogP) is 0.482. The van der Waals surface area contributed by atoms with Crippen LogP contribution in [-0.4, -0.2) is 42.5 Å². The molecule has 1 rings (SSSR count). The molecule has 90 valence electrons. The second-order valence-corrected chi connectivity index (χ2v) is 3.93. The molecule has 1 aliphatic rings. The molecule has 0 spiro atoms. The van der Waals surface area contributed by atoms with Crippen molar-refractivity contribution in [3.8, 4) is 0 Å². The molecule has 0 aromatic carbocycles. The number of urea groups is 1. The van der Waals surface area contributed by atoms with Gasteiger partial charge in [0.2, 0.25) is 5.91 Å². The van der Waals surface area contributed by atoms with Crippen molar-refractivity contribution in [3.05, 3.63) is 12.7 Å². The molecule has 5 heteroatoms. The van der Waals surface area contributed by atoms with Crippen LogP contribution >= 0.6 is 0 Å². The van der Waals surface area contributed by atoms with Crippen LogP contribution in [-0.2, 0) is 4.79 Å². The fourth-order valence-corrected chi connectivity index (χ4v) is 1.57. The van der Waals surface area contributed by atoms with Crippen LogP contribution in [0.5, 0.6) is 0 Å². The van der Waals surface area contributed by atoms with Gasteiger partial charge in [0.15, 0.2) is 0 Å². The fourth-order valence-electron chi connectivity index (χ4n) is 1.57. The second-order valence-electron chi connectivity index (χ2n) is 3.93. The Morgan fingerprint density at radius 2 is 2.38 bits per heavy atom. The van der Waals surface area contributed by atoms with Gasteiger partial charge in [0.25, 0.3) is 0 Å². The highest BCUT2D eigenvalue weighted by Crippen LogP contribution is 1.99. The van der Waals surface area contributed by atoms with Gasteiger partial charge < -0.3 is 10.6 Å². The first-order valence-corrected chi connectivity index (χ1v) is 5.57. The van der Waals surface area contributed by atoms with E-state index in [0.29, 0.717) is 19.1 Å². The second kappa shape index (κ2) is 6.27. The first-order chi connectivity index (χ1) is 7.65. The molecule has 16 heavy (non-hydrogen) atoms. The van der Waals surface area contributed by atoms with E-state index in [9.17, 15) is 9.59 Å². The Morgan fingerprint density at radius 1 is 1.62 bits per heavy atom. The highest BCUT2D eigenvalue weighted by atomic mass is 16.2. The van der Waals surface area contributed by atoms with Crippen LogP contribution in [0.4, 0.5) is 4.79 Å². The summed E-state index contributed by atoms with van der Waals surface area (Å²) in [6, 6.07) is 0.0873. The Bertz CT molecular complexity index is 262. The van der Waals surface area contributed by atoms with Crippen molar-refractivity contribution >= 4 is 11.9 Å². The van der Waals surface area contributed by atoms with Gasteiger partial charge in [-0.1, -0.05) is 6.08 Å². The summed E-state index contributed by atoms with van der Waals surface area (Å²) >= 11 is 0. The summed E-state index contributed by atoms with van der Waals surface area (Å²) in [6.45, 7) is 6.94. The van der Waals surface area contributed by atoms with E-state index in [1.54, 1.807) is 0 Å². The molecular formula is C11H19N3O2. The molecule has 1 saturated heterocycles. The summed E-state index contributed by atoms with van der Waals surface area (Å²) in [5.74, 6) is -0.148. The molecule has 1 heterocycles. The van der Waals surface area contributed by atoms with E-state index in [4.69, 9.17) is 0 Å². The van der Waals surface area contributed by atoms with E-state index < -0.39 is 0 Å². The number of imide groups is 1. The minimum atomic E-state index is -0.287. The molecule has 3 amide bonds. The van der Waals surface area contributed by atoms with Gasteiger partial charge in [0.1, 0.15) is 0 Å².